The number of hydrogen-bond acceptors (Lipinski definition) is 3. The summed E-state index contributed by atoms with van der Waals surface area (Å²) in [5.74, 6) is 0.866. The van der Waals surface area contributed by atoms with E-state index >= 15 is 0 Å². The predicted octanol–water partition coefficient (Wildman–Crippen LogP) is 2.92. The van der Waals surface area contributed by atoms with Crippen LogP contribution in [0, 0.1) is 0 Å². The number of amides is 1. The van der Waals surface area contributed by atoms with Gasteiger partial charge in [-0.3, -0.25) is 9.78 Å². The number of methoxy groups -OCH3 is 1. The molecule has 1 aromatic carbocycles. The molecule has 0 bridgehead atoms. The summed E-state index contributed by atoms with van der Waals surface area (Å²) in [4.78, 5) is 20.3. The van der Waals surface area contributed by atoms with Gasteiger partial charge in [-0.15, -0.1) is 0 Å². The molecule has 1 aliphatic rings. The lowest BCUT2D eigenvalue weighted by Crippen LogP contribution is -2.34. The maximum absolute atomic E-state index is 12.8. The summed E-state index contributed by atoms with van der Waals surface area (Å²) in [7, 11) is 1.65. The Bertz CT molecular complexity index is 882. The van der Waals surface area contributed by atoms with Crippen molar-refractivity contribution < 1.29 is 9.53 Å². The maximum atomic E-state index is 12.8. The van der Waals surface area contributed by atoms with Gasteiger partial charge in [0.1, 0.15) is 5.75 Å². The molecule has 0 aliphatic heterocycles. The standard InChI is InChI=1S/C19H19N3O2/c1-24-14-5-6-17-15(10-14)16(12-21-17)19(7-8-19)18(23)22-11-13-4-2-3-9-20-13/h2-6,9-10,12,21H,7-8,11H2,1H3,(H,22,23). The molecular weight excluding hydrogens is 302 g/mol. The fourth-order valence-electron chi connectivity index (χ4n) is 3.21. The van der Waals surface area contributed by atoms with E-state index in [9.17, 15) is 4.79 Å². The summed E-state index contributed by atoms with van der Waals surface area (Å²) in [6, 6.07) is 11.6. The third kappa shape index (κ3) is 2.42. The fraction of sp³-hybridized carbons (Fsp3) is 0.263. The third-order valence-electron chi connectivity index (χ3n) is 4.75. The molecule has 1 fully saturated rings. The molecule has 0 saturated heterocycles. The molecule has 122 valence electrons. The first-order valence-electron chi connectivity index (χ1n) is 8.07. The van der Waals surface area contributed by atoms with Gasteiger partial charge >= 0.3 is 0 Å². The minimum absolute atomic E-state index is 0.0665. The van der Waals surface area contributed by atoms with E-state index in [1.807, 2.05) is 42.6 Å². The van der Waals surface area contributed by atoms with Gasteiger partial charge in [0.05, 0.1) is 24.8 Å². The van der Waals surface area contributed by atoms with Crippen molar-refractivity contribution in [3.8, 4) is 5.75 Å². The Balaban J connectivity index is 1.60. The molecule has 0 atom stereocenters. The highest BCUT2D eigenvalue weighted by Crippen LogP contribution is 2.51. The molecule has 0 unspecified atom stereocenters. The molecule has 0 radical (unpaired) electrons. The van der Waals surface area contributed by atoms with Crippen molar-refractivity contribution in [1.29, 1.82) is 0 Å². The molecule has 5 heteroatoms. The normalized spacial score (nSPS) is 15.2. The Hall–Kier alpha value is -2.82. The van der Waals surface area contributed by atoms with Crippen molar-refractivity contribution in [2.75, 3.05) is 7.11 Å². The van der Waals surface area contributed by atoms with E-state index in [1.54, 1.807) is 13.3 Å². The Morgan fingerprint density at radius 2 is 2.21 bits per heavy atom. The van der Waals surface area contributed by atoms with E-state index in [-0.39, 0.29) is 5.91 Å². The third-order valence-corrected chi connectivity index (χ3v) is 4.75. The number of nitrogens with one attached hydrogen (secondary N) is 2. The number of carbonyl (C=O) groups excluding carboxylic acids is 1. The van der Waals surface area contributed by atoms with Gasteiger partial charge in [0.15, 0.2) is 0 Å². The van der Waals surface area contributed by atoms with E-state index in [4.69, 9.17) is 4.74 Å². The summed E-state index contributed by atoms with van der Waals surface area (Å²) >= 11 is 0. The van der Waals surface area contributed by atoms with Gasteiger partial charge < -0.3 is 15.0 Å². The number of fused-ring (bicyclic) bond motifs is 1. The summed E-state index contributed by atoms with van der Waals surface area (Å²) < 4.78 is 5.32. The van der Waals surface area contributed by atoms with E-state index in [0.717, 1.165) is 40.8 Å². The fourth-order valence-corrected chi connectivity index (χ4v) is 3.21. The van der Waals surface area contributed by atoms with Crippen molar-refractivity contribution in [2.24, 2.45) is 0 Å². The van der Waals surface area contributed by atoms with Gasteiger partial charge in [0.25, 0.3) is 0 Å². The van der Waals surface area contributed by atoms with Crippen LogP contribution in [0.15, 0.2) is 48.8 Å². The van der Waals surface area contributed by atoms with Crippen LogP contribution in [0.4, 0.5) is 0 Å². The van der Waals surface area contributed by atoms with Crippen LogP contribution in [-0.4, -0.2) is 23.0 Å². The van der Waals surface area contributed by atoms with Crippen molar-refractivity contribution in [3.05, 3.63) is 60.0 Å². The molecule has 2 aromatic heterocycles. The molecule has 0 spiro atoms. The topological polar surface area (TPSA) is 67.0 Å². The first kappa shape index (κ1) is 14.8. The van der Waals surface area contributed by atoms with Crippen LogP contribution in [0.5, 0.6) is 5.75 Å². The zero-order valence-corrected chi connectivity index (χ0v) is 13.5. The predicted molar refractivity (Wildman–Crippen MR) is 91.8 cm³/mol. The maximum Gasteiger partial charge on any atom is 0.231 e. The Kier molecular flexibility index (Phi) is 3.49. The molecule has 24 heavy (non-hydrogen) atoms. The number of rotatable bonds is 5. The first-order valence-corrected chi connectivity index (χ1v) is 8.07. The molecule has 2 heterocycles. The smallest absolute Gasteiger partial charge is 0.231 e. The van der Waals surface area contributed by atoms with Gasteiger partial charge in [-0.05, 0) is 48.7 Å². The van der Waals surface area contributed by atoms with E-state index in [2.05, 4.69) is 15.3 Å². The number of ether oxygens (including phenoxy) is 1. The zero-order valence-electron chi connectivity index (χ0n) is 13.5. The van der Waals surface area contributed by atoms with Crippen LogP contribution in [0.25, 0.3) is 10.9 Å². The lowest BCUT2D eigenvalue weighted by Gasteiger charge is -2.15. The zero-order chi connectivity index (χ0) is 16.6. The van der Waals surface area contributed by atoms with Gasteiger partial charge in [0.2, 0.25) is 5.91 Å². The van der Waals surface area contributed by atoms with Crippen molar-refractivity contribution in [2.45, 2.75) is 24.8 Å². The molecular formula is C19H19N3O2. The molecule has 2 N–H and O–H groups in total. The van der Waals surface area contributed by atoms with Crippen LogP contribution in [-0.2, 0) is 16.8 Å². The second-order valence-corrected chi connectivity index (χ2v) is 6.20. The van der Waals surface area contributed by atoms with Crippen molar-refractivity contribution >= 4 is 16.8 Å². The Labute approximate surface area is 140 Å². The Morgan fingerprint density at radius 1 is 1.33 bits per heavy atom. The number of hydrogen-bond donors (Lipinski definition) is 2. The number of pyridine rings is 1. The Morgan fingerprint density at radius 3 is 2.92 bits per heavy atom. The molecule has 5 nitrogen and oxygen atoms in total. The molecule has 1 saturated carbocycles. The minimum Gasteiger partial charge on any atom is -0.497 e. The molecule has 1 aliphatic carbocycles. The number of benzene rings is 1. The number of H-pyrrole nitrogens is 1. The van der Waals surface area contributed by atoms with Crippen LogP contribution in [0.3, 0.4) is 0 Å². The monoisotopic (exact) mass is 321 g/mol. The highest BCUT2D eigenvalue weighted by atomic mass is 16.5. The van der Waals surface area contributed by atoms with Crippen molar-refractivity contribution in [3.63, 3.8) is 0 Å². The lowest BCUT2D eigenvalue weighted by atomic mass is 9.94. The molecule has 4 rings (SSSR count). The van der Waals surface area contributed by atoms with Gasteiger partial charge in [0, 0.05) is 23.3 Å². The second-order valence-electron chi connectivity index (χ2n) is 6.20. The SMILES string of the molecule is COc1ccc2[nH]cc(C3(C(=O)NCc4ccccn4)CC3)c2c1. The number of aromatic nitrogens is 2. The van der Waals surface area contributed by atoms with Crippen LogP contribution >= 0.6 is 0 Å². The van der Waals surface area contributed by atoms with Crippen LogP contribution in [0.1, 0.15) is 24.1 Å². The van der Waals surface area contributed by atoms with Gasteiger partial charge in [-0.25, -0.2) is 0 Å². The summed E-state index contributed by atoms with van der Waals surface area (Å²) in [5, 5.41) is 4.09. The number of aromatic amines is 1. The summed E-state index contributed by atoms with van der Waals surface area (Å²) in [5.41, 5.74) is 2.51. The highest BCUT2D eigenvalue weighted by Gasteiger charge is 2.52. The average Bonchev–Trinajstić information content (AvgIpc) is 3.33. The average molecular weight is 321 g/mol. The quantitative estimate of drug-likeness (QED) is 0.759. The number of carbonyl (C=O) groups is 1. The van der Waals surface area contributed by atoms with E-state index in [0.29, 0.717) is 6.54 Å². The summed E-state index contributed by atoms with van der Waals surface area (Å²) in [6.45, 7) is 0.451. The van der Waals surface area contributed by atoms with E-state index < -0.39 is 5.41 Å². The highest BCUT2D eigenvalue weighted by molar-refractivity contribution is 5.97. The summed E-state index contributed by atoms with van der Waals surface area (Å²) in [6.07, 6.45) is 5.42. The van der Waals surface area contributed by atoms with Gasteiger partial charge in [-0.1, -0.05) is 6.07 Å². The van der Waals surface area contributed by atoms with E-state index in [1.165, 1.54) is 0 Å². The van der Waals surface area contributed by atoms with Crippen LogP contribution < -0.4 is 10.1 Å². The van der Waals surface area contributed by atoms with Crippen LogP contribution in [0.2, 0.25) is 0 Å². The second kappa shape index (κ2) is 5.67. The largest absolute Gasteiger partial charge is 0.497 e. The molecule has 1 amide bonds. The number of nitrogens with zero attached hydrogens (tertiary/aromatic N) is 1. The van der Waals surface area contributed by atoms with Crippen molar-refractivity contribution in [1.82, 2.24) is 15.3 Å². The molecule has 3 aromatic rings. The lowest BCUT2D eigenvalue weighted by molar-refractivity contribution is -0.123. The first-order chi connectivity index (χ1) is 11.7. The van der Waals surface area contributed by atoms with Gasteiger partial charge in [-0.2, -0.15) is 0 Å². The minimum atomic E-state index is -0.431.